The highest BCUT2D eigenvalue weighted by Gasteiger charge is 2.35. The molecular weight excluding hydrogens is 336 g/mol. The monoisotopic (exact) mass is 362 g/mol. The minimum absolute atomic E-state index is 0.000266. The van der Waals surface area contributed by atoms with Crippen LogP contribution in [0.4, 0.5) is 0 Å². The zero-order valence-corrected chi connectivity index (χ0v) is 15.2. The molecule has 1 unspecified atom stereocenters. The molecule has 26 heavy (non-hydrogen) atoms. The lowest BCUT2D eigenvalue weighted by atomic mass is 9.98. The smallest absolute Gasteiger partial charge is 0.272 e. The van der Waals surface area contributed by atoms with E-state index in [1.165, 1.54) is 13.4 Å². The Morgan fingerprint density at radius 1 is 1.31 bits per heavy atom. The Morgan fingerprint density at radius 2 is 2.12 bits per heavy atom. The molecule has 2 aliphatic heterocycles. The molecule has 142 valence electrons. The van der Waals surface area contributed by atoms with Gasteiger partial charge in [-0.3, -0.25) is 9.59 Å². The van der Waals surface area contributed by atoms with Crippen molar-refractivity contribution < 1.29 is 19.1 Å². The summed E-state index contributed by atoms with van der Waals surface area (Å²) in [7, 11) is 1.53. The van der Waals surface area contributed by atoms with Gasteiger partial charge in [0.2, 0.25) is 5.91 Å². The second kappa shape index (κ2) is 9.05. The van der Waals surface area contributed by atoms with E-state index < -0.39 is 0 Å². The fourth-order valence-electron chi connectivity index (χ4n) is 3.81. The van der Waals surface area contributed by atoms with Gasteiger partial charge in [0.15, 0.2) is 0 Å². The van der Waals surface area contributed by atoms with Crippen molar-refractivity contribution in [3.8, 4) is 0 Å². The van der Waals surface area contributed by atoms with Crippen LogP contribution in [0.15, 0.2) is 18.6 Å². The van der Waals surface area contributed by atoms with Crippen LogP contribution in [0.1, 0.15) is 36.2 Å². The third-order valence-corrected chi connectivity index (χ3v) is 5.02. The van der Waals surface area contributed by atoms with Crippen LogP contribution in [0, 0.1) is 0 Å². The SMILES string of the molecule is COCC(=O)N(C1CCOCC1)C1CCCN(C(=O)c2ccncn2)C1. The van der Waals surface area contributed by atoms with E-state index in [9.17, 15) is 9.59 Å². The van der Waals surface area contributed by atoms with Crippen LogP contribution in [0.3, 0.4) is 0 Å². The van der Waals surface area contributed by atoms with Crippen molar-refractivity contribution in [2.45, 2.75) is 37.8 Å². The van der Waals surface area contributed by atoms with Gasteiger partial charge in [0, 0.05) is 51.7 Å². The molecule has 8 nitrogen and oxygen atoms in total. The topological polar surface area (TPSA) is 84.9 Å². The molecule has 0 spiro atoms. The number of rotatable bonds is 5. The van der Waals surface area contributed by atoms with Gasteiger partial charge in [-0.05, 0) is 31.7 Å². The van der Waals surface area contributed by atoms with Crippen molar-refractivity contribution >= 4 is 11.8 Å². The Morgan fingerprint density at radius 3 is 2.81 bits per heavy atom. The van der Waals surface area contributed by atoms with Crippen molar-refractivity contribution in [2.24, 2.45) is 0 Å². The molecular formula is C18H26N4O4. The van der Waals surface area contributed by atoms with Gasteiger partial charge in [0.1, 0.15) is 18.6 Å². The van der Waals surface area contributed by atoms with Crippen LogP contribution in [-0.2, 0) is 14.3 Å². The van der Waals surface area contributed by atoms with E-state index in [2.05, 4.69) is 9.97 Å². The van der Waals surface area contributed by atoms with Gasteiger partial charge in [-0.25, -0.2) is 9.97 Å². The minimum Gasteiger partial charge on any atom is -0.381 e. The maximum absolute atomic E-state index is 12.7. The lowest BCUT2D eigenvalue weighted by molar-refractivity contribution is -0.143. The predicted octanol–water partition coefficient (Wildman–Crippen LogP) is 0.735. The van der Waals surface area contributed by atoms with Crippen molar-refractivity contribution in [1.29, 1.82) is 0 Å². The van der Waals surface area contributed by atoms with Crippen LogP contribution in [0.5, 0.6) is 0 Å². The minimum atomic E-state index is -0.108. The van der Waals surface area contributed by atoms with E-state index in [0.29, 0.717) is 32.0 Å². The normalized spacial score (nSPS) is 21.4. The summed E-state index contributed by atoms with van der Waals surface area (Å²) in [4.78, 5) is 37.1. The summed E-state index contributed by atoms with van der Waals surface area (Å²) < 4.78 is 10.5. The number of aromatic nitrogens is 2. The van der Waals surface area contributed by atoms with Gasteiger partial charge in [-0.2, -0.15) is 0 Å². The molecule has 2 saturated heterocycles. The summed E-state index contributed by atoms with van der Waals surface area (Å²) in [6.07, 6.45) is 6.35. The van der Waals surface area contributed by atoms with E-state index in [1.807, 2.05) is 4.90 Å². The molecule has 0 bridgehead atoms. The highest BCUT2D eigenvalue weighted by molar-refractivity contribution is 5.92. The Kier molecular flexibility index (Phi) is 6.51. The number of amides is 2. The van der Waals surface area contributed by atoms with Gasteiger partial charge >= 0.3 is 0 Å². The lowest BCUT2D eigenvalue weighted by Crippen LogP contribution is -2.56. The van der Waals surface area contributed by atoms with E-state index in [1.54, 1.807) is 17.2 Å². The maximum Gasteiger partial charge on any atom is 0.272 e. The van der Waals surface area contributed by atoms with Gasteiger partial charge in [-0.15, -0.1) is 0 Å². The molecule has 1 aromatic heterocycles. The molecule has 0 saturated carbocycles. The Hall–Kier alpha value is -2.06. The number of piperidine rings is 1. The van der Waals surface area contributed by atoms with Crippen molar-refractivity contribution in [3.63, 3.8) is 0 Å². The molecule has 1 aromatic rings. The molecule has 0 aromatic carbocycles. The Bertz CT molecular complexity index is 606. The molecule has 2 aliphatic rings. The highest BCUT2D eigenvalue weighted by atomic mass is 16.5. The van der Waals surface area contributed by atoms with E-state index in [4.69, 9.17) is 9.47 Å². The Labute approximate surface area is 153 Å². The lowest BCUT2D eigenvalue weighted by Gasteiger charge is -2.44. The fraction of sp³-hybridized carbons (Fsp3) is 0.667. The highest BCUT2D eigenvalue weighted by Crippen LogP contribution is 2.24. The summed E-state index contributed by atoms with van der Waals surface area (Å²) in [5.41, 5.74) is 0.390. The van der Waals surface area contributed by atoms with E-state index in [0.717, 1.165) is 25.7 Å². The fourth-order valence-corrected chi connectivity index (χ4v) is 3.81. The number of hydrogen-bond donors (Lipinski definition) is 0. The zero-order chi connectivity index (χ0) is 18.4. The third kappa shape index (κ3) is 4.37. The quantitative estimate of drug-likeness (QED) is 0.768. The number of ether oxygens (including phenoxy) is 2. The molecule has 3 heterocycles. The van der Waals surface area contributed by atoms with Gasteiger partial charge in [0.05, 0.1) is 0 Å². The summed E-state index contributed by atoms with van der Waals surface area (Å²) in [6.45, 7) is 2.60. The first kappa shape index (κ1) is 18.7. The van der Waals surface area contributed by atoms with Crippen molar-refractivity contribution in [2.75, 3.05) is 40.0 Å². The van der Waals surface area contributed by atoms with Gasteiger partial charge < -0.3 is 19.3 Å². The third-order valence-electron chi connectivity index (χ3n) is 5.02. The van der Waals surface area contributed by atoms with Crippen molar-refractivity contribution in [3.05, 3.63) is 24.3 Å². The number of methoxy groups -OCH3 is 1. The number of carbonyl (C=O) groups excluding carboxylic acids is 2. The molecule has 0 radical (unpaired) electrons. The number of hydrogen-bond acceptors (Lipinski definition) is 6. The molecule has 0 aliphatic carbocycles. The van der Waals surface area contributed by atoms with Gasteiger partial charge in [-0.1, -0.05) is 0 Å². The maximum atomic E-state index is 12.7. The van der Waals surface area contributed by atoms with Crippen molar-refractivity contribution in [1.82, 2.24) is 19.8 Å². The first-order valence-electron chi connectivity index (χ1n) is 9.14. The molecule has 2 fully saturated rings. The number of nitrogens with zero attached hydrogens (tertiary/aromatic N) is 4. The summed E-state index contributed by atoms with van der Waals surface area (Å²) >= 11 is 0. The predicted molar refractivity (Wildman–Crippen MR) is 93.5 cm³/mol. The molecule has 3 rings (SSSR count). The molecule has 1 atom stereocenters. The molecule has 2 amide bonds. The second-order valence-electron chi connectivity index (χ2n) is 6.72. The van der Waals surface area contributed by atoms with Crippen LogP contribution in [0.2, 0.25) is 0 Å². The van der Waals surface area contributed by atoms with E-state index in [-0.39, 0.29) is 30.5 Å². The van der Waals surface area contributed by atoms with Crippen LogP contribution < -0.4 is 0 Å². The molecule has 8 heteroatoms. The van der Waals surface area contributed by atoms with Gasteiger partial charge in [0.25, 0.3) is 5.91 Å². The van der Waals surface area contributed by atoms with Crippen LogP contribution in [0.25, 0.3) is 0 Å². The van der Waals surface area contributed by atoms with Crippen LogP contribution >= 0.6 is 0 Å². The summed E-state index contributed by atoms with van der Waals surface area (Å²) in [5, 5.41) is 0. The number of carbonyl (C=O) groups is 2. The zero-order valence-electron chi connectivity index (χ0n) is 15.2. The average molecular weight is 362 g/mol. The molecule has 0 N–H and O–H groups in total. The van der Waals surface area contributed by atoms with Crippen LogP contribution in [-0.4, -0.2) is 83.7 Å². The van der Waals surface area contributed by atoms with E-state index >= 15 is 0 Å². The number of likely N-dealkylation sites (tertiary alicyclic amines) is 1. The first-order valence-corrected chi connectivity index (χ1v) is 9.14. The largest absolute Gasteiger partial charge is 0.381 e. The first-order chi connectivity index (χ1) is 12.7. The Balaban J connectivity index is 1.73. The second-order valence-corrected chi connectivity index (χ2v) is 6.72. The summed E-state index contributed by atoms with van der Waals surface area (Å²) in [5.74, 6) is -0.121. The average Bonchev–Trinajstić information content (AvgIpc) is 2.69. The standard InChI is InChI=1S/C18H26N4O4/c1-25-12-17(23)22(14-5-9-26-10-6-14)15-3-2-8-21(11-15)18(24)16-4-7-19-13-20-16/h4,7,13-15H,2-3,5-6,8-12H2,1H3. The summed E-state index contributed by atoms with van der Waals surface area (Å²) in [6, 6.07) is 1.77.